The molecule has 0 spiro atoms. The molecule has 1 aromatic heterocycles. The lowest BCUT2D eigenvalue weighted by atomic mass is 9.90. The molecule has 0 saturated heterocycles. The molecule has 2 heterocycles. The van der Waals surface area contributed by atoms with Gasteiger partial charge in [-0.05, 0) is 36.5 Å². The van der Waals surface area contributed by atoms with Gasteiger partial charge in [0.25, 0.3) is 0 Å². The Morgan fingerprint density at radius 2 is 2.30 bits per heavy atom. The highest BCUT2D eigenvalue weighted by Crippen LogP contribution is 2.36. The van der Waals surface area contributed by atoms with Crippen molar-refractivity contribution in [3.63, 3.8) is 0 Å². The summed E-state index contributed by atoms with van der Waals surface area (Å²) in [6, 6.07) is 7.76. The third-order valence-corrected chi connectivity index (χ3v) is 4.53. The van der Waals surface area contributed by atoms with E-state index in [0.717, 1.165) is 34.9 Å². The normalized spacial score (nSPS) is 17.9. The number of benzene rings is 1. The Labute approximate surface area is 121 Å². The average molecular weight is 289 g/mol. The van der Waals surface area contributed by atoms with Gasteiger partial charge in [0.15, 0.2) is 0 Å². The highest BCUT2D eigenvalue weighted by molar-refractivity contribution is 7.05. The van der Waals surface area contributed by atoms with Crippen LogP contribution in [-0.4, -0.2) is 27.2 Å². The monoisotopic (exact) mass is 289 g/mol. The predicted octanol–water partition coefficient (Wildman–Crippen LogP) is 2.43. The number of hydrogen-bond acceptors (Lipinski definition) is 5. The Balaban J connectivity index is 1.93. The Kier molecular flexibility index (Phi) is 3.40. The van der Waals surface area contributed by atoms with Crippen molar-refractivity contribution in [2.45, 2.75) is 25.8 Å². The van der Waals surface area contributed by atoms with Crippen molar-refractivity contribution in [1.82, 2.24) is 9.59 Å². The van der Waals surface area contributed by atoms with E-state index in [0.29, 0.717) is 6.42 Å². The van der Waals surface area contributed by atoms with Gasteiger partial charge in [-0.2, -0.15) is 0 Å². The van der Waals surface area contributed by atoms with Crippen molar-refractivity contribution in [3.05, 3.63) is 40.4 Å². The number of carboxylic acids is 1. The lowest BCUT2D eigenvalue weighted by molar-refractivity contribution is -0.139. The maximum atomic E-state index is 11.4. The summed E-state index contributed by atoms with van der Waals surface area (Å²) >= 11 is 1.41. The minimum Gasteiger partial charge on any atom is -0.481 e. The van der Waals surface area contributed by atoms with Crippen molar-refractivity contribution in [2.24, 2.45) is 0 Å². The number of aryl methyl sites for hydroxylation is 1. The first-order chi connectivity index (χ1) is 9.66. The van der Waals surface area contributed by atoms with Crippen LogP contribution in [0.1, 0.15) is 28.5 Å². The third-order valence-electron chi connectivity index (χ3n) is 3.72. The maximum absolute atomic E-state index is 11.4. The van der Waals surface area contributed by atoms with Gasteiger partial charge in [0.1, 0.15) is 0 Å². The number of aliphatic carboxylic acids is 1. The molecule has 5 nitrogen and oxygen atoms in total. The number of aromatic nitrogens is 2. The second-order valence-corrected chi connectivity index (χ2v) is 5.78. The third kappa shape index (κ3) is 2.27. The molecule has 1 N–H and O–H groups in total. The van der Waals surface area contributed by atoms with Crippen LogP contribution in [0.2, 0.25) is 0 Å². The molecule has 0 bridgehead atoms. The summed E-state index contributed by atoms with van der Waals surface area (Å²) in [6.45, 7) is 3.44. The van der Waals surface area contributed by atoms with Crippen molar-refractivity contribution in [3.8, 4) is 0 Å². The summed E-state index contributed by atoms with van der Waals surface area (Å²) in [5.41, 5.74) is 2.87. The van der Waals surface area contributed by atoms with E-state index in [9.17, 15) is 9.90 Å². The van der Waals surface area contributed by atoms with E-state index < -0.39 is 11.9 Å². The molecule has 1 atom stereocenters. The van der Waals surface area contributed by atoms with Gasteiger partial charge >= 0.3 is 5.97 Å². The van der Waals surface area contributed by atoms with Crippen LogP contribution < -0.4 is 4.90 Å². The fourth-order valence-electron chi connectivity index (χ4n) is 2.62. The standard InChI is InChI=1S/C14H15N3O2S/c1-9-13(20-16-15-9)8-17-7-6-11(14(18)19)10-4-2-3-5-12(10)17/h2-5,11H,6-8H2,1H3,(H,18,19). The molecule has 20 heavy (non-hydrogen) atoms. The molecule has 1 aliphatic rings. The van der Waals surface area contributed by atoms with Crippen molar-refractivity contribution in [1.29, 1.82) is 0 Å². The van der Waals surface area contributed by atoms with Crippen LogP contribution >= 0.6 is 11.5 Å². The minimum atomic E-state index is -0.743. The molecule has 0 amide bonds. The van der Waals surface area contributed by atoms with E-state index in [4.69, 9.17) is 0 Å². The number of carboxylic acid groups (broad SMARTS) is 1. The van der Waals surface area contributed by atoms with E-state index in [1.807, 2.05) is 31.2 Å². The van der Waals surface area contributed by atoms with Crippen LogP contribution in [-0.2, 0) is 11.3 Å². The first kappa shape index (κ1) is 13.1. The van der Waals surface area contributed by atoms with Gasteiger partial charge in [0, 0.05) is 12.2 Å². The smallest absolute Gasteiger partial charge is 0.311 e. The second kappa shape index (κ2) is 5.20. The van der Waals surface area contributed by atoms with Crippen LogP contribution in [0.5, 0.6) is 0 Å². The summed E-state index contributed by atoms with van der Waals surface area (Å²) in [7, 11) is 0. The Morgan fingerprint density at radius 1 is 1.50 bits per heavy atom. The number of fused-ring (bicyclic) bond motifs is 1. The molecule has 0 saturated carbocycles. The van der Waals surface area contributed by atoms with Gasteiger partial charge in [-0.1, -0.05) is 22.7 Å². The number of para-hydroxylation sites is 1. The van der Waals surface area contributed by atoms with Crippen LogP contribution in [0.25, 0.3) is 0 Å². The molecule has 1 aromatic carbocycles. The van der Waals surface area contributed by atoms with Crippen molar-refractivity contribution in [2.75, 3.05) is 11.4 Å². The molecular weight excluding hydrogens is 274 g/mol. The zero-order valence-electron chi connectivity index (χ0n) is 11.1. The minimum absolute atomic E-state index is 0.400. The predicted molar refractivity (Wildman–Crippen MR) is 77.1 cm³/mol. The van der Waals surface area contributed by atoms with Gasteiger partial charge in [0.2, 0.25) is 0 Å². The lowest BCUT2D eigenvalue weighted by Gasteiger charge is -2.33. The first-order valence-corrected chi connectivity index (χ1v) is 7.28. The molecule has 6 heteroatoms. The molecule has 2 aromatic rings. The van der Waals surface area contributed by atoms with Crippen LogP contribution in [0.3, 0.4) is 0 Å². The molecule has 104 valence electrons. The number of hydrogen-bond donors (Lipinski definition) is 1. The SMILES string of the molecule is Cc1nnsc1CN1CCC(C(=O)O)c2ccccc21. The molecule has 0 aliphatic carbocycles. The van der Waals surface area contributed by atoms with Gasteiger partial charge in [-0.3, -0.25) is 4.79 Å². The molecule has 0 radical (unpaired) electrons. The molecule has 0 fully saturated rings. The number of rotatable bonds is 3. The summed E-state index contributed by atoms with van der Waals surface area (Å²) in [5, 5.41) is 13.4. The molecule has 1 aliphatic heterocycles. The quantitative estimate of drug-likeness (QED) is 0.940. The Hall–Kier alpha value is -1.95. The van der Waals surface area contributed by atoms with Crippen LogP contribution in [0.4, 0.5) is 5.69 Å². The average Bonchev–Trinajstić information content (AvgIpc) is 2.84. The zero-order chi connectivity index (χ0) is 14.1. The topological polar surface area (TPSA) is 66.3 Å². The lowest BCUT2D eigenvalue weighted by Crippen LogP contribution is -2.33. The number of carbonyl (C=O) groups is 1. The van der Waals surface area contributed by atoms with E-state index >= 15 is 0 Å². The van der Waals surface area contributed by atoms with Gasteiger partial charge < -0.3 is 10.0 Å². The fraction of sp³-hybridized carbons (Fsp3) is 0.357. The van der Waals surface area contributed by atoms with Crippen molar-refractivity contribution < 1.29 is 9.90 Å². The van der Waals surface area contributed by atoms with Gasteiger partial charge in [-0.15, -0.1) is 5.10 Å². The maximum Gasteiger partial charge on any atom is 0.311 e. The van der Waals surface area contributed by atoms with E-state index in [1.165, 1.54) is 11.5 Å². The second-order valence-electron chi connectivity index (χ2n) is 4.94. The van der Waals surface area contributed by atoms with Crippen LogP contribution in [0, 0.1) is 6.92 Å². The summed E-state index contributed by atoms with van der Waals surface area (Å²) < 4.78 is 3.96. The summed E-state index contributed by atoms with van der Waals surface area (Å²) in [4.78, 5) is 14.7. The zero-order valence-corrected chi connectivity index (χ0v) is 11.9. The Bertz CT molecular complexity index is 641. The van der Waals surface area contributed by atoms with E-state index in [2.05, 4.69) is 14.5 Å². The van der Waals surface area contributed by atoms with Crippen LogP contribution in [0.15, 0.2) is 24.3 Å². The summed E-state index contributed by atoms with van der Waals surface area (Å²) in [5.74, 6) is -1.14. The largest absolute Gasteiger partial charge is 0.481 e. The van der Waals surface area contributed by atoms with E-state index in [-0.39, 0.29) is 0 Å². The number of anilines is 1. The highest BCUT2D eigenvalue weighted by atomic mass is 32.1. The Morgan fingerprint density at radius 3 is 3.00 bits per heavy atom. The number of nitrogens with zero attached hydrogens (tertiary/aromatic N) is 3. The first-order valence-electron chi connectivity index (χ1n) is 6.51. The molecule has 1 unspecified atom stereocenters. The van der Waals surface area contributed by atoms with E-state index in [1.54, 1.807) is 0 Å². The van der Waals surface area contributed by atoms with Gasteiger partial charge in [-0.25, -0.2) is 0 Å². The van der Waals surface area contributed by atoms with Crippen molar-refractivity contribution >= 4 is 23.2 Å². The fourth-order valence-corrected chi connectivity index (χ4v) is 3.27. The molecule has 3 rings (SSSR count). The van der Waals surface area contributed by atoms with Gasteiger partial charge in [0.05, 0.1) is 23.0 Å². The molecular formula is C14H15N3O2S. The summed E-state index contributed by atoms with van der Waals surface area (Å²) in [6.07, 6.45) is 0.637. The highest BCUT2D eigenvalue weighted by Gasteiger charge is 2.29.